The van der Waals surface area contributed by atoms with Crippen LogP contribution in [0.1, 0.15) is 39.0 Å². The summed E-state index contributed by atoms with van der Waals surface area (Å²) >= 11 is 0. The van der Waals surface area contributed by atoms with Gasteiger partial charge < -0.3 is 10.4 Å². The Morgan fingerprint density at radius 2 is 1.87 bits per heavy atom. The van der Waals surface area contributed by atoms with Gasteiger partial charge in [0.05, 0.1) is 0 Å². The zero-order chi connectivity index (χ0) is 11.3. The molecular formula is C10H18N2O3. The van der Waals surface area contributed by atoms with E-state index in [2.05, 4.69) is 10.6 Å². The first-order valence-corrected chi connectivity index (χ1v) is 5.39. The van der Waals surface area contributed by atoms with Gasteiger partial charge in [0.15, 0.2) is 0 Å². The molecule has 1 rings (SSSR count). The maximum absolute atomic E-state index is 11.3. The molecule has 0 aromatic carbocycles. The van der Waals surface area contributed by atoms with E-state index in [1.54, 1.807) is 0 Å². The highest BCUT2D eigenvalue weighted by Crippen LogP contribution is 2.16. The van der Waals surface area contributed by atoms with Crippen LogP contribution in [0.4, 0.5) is 4.79 Å². The van der Waals surface area contributed by atoms with E-state index in [0.717, 1.165) is 25.7 Å². The van der Waals surface area contributed by atoms with Gasteiger partial charge in [-0.25, -0.2) is 4.79 Å². The van der Waals surface area contributed by atoms with Crippen molar-refractivity contribution in [2.75, 3.05) is 0 Å². The summed E-state index contributed by atoms with van der Waals surface area (Å²) in [6.45, 7) is 1.32. The number of aliphatic hydroxyl groups is 1. The minimum absolute atomic E-state index is 0.167. The number of hydrogen-bond donors (Lipinski definition) is 3. The molecule has 0 aromatic rings. The molecule has 0 radical (unpaired) electrons. The zero-order valence-electron chi connectivity index (χ0n) is 8.95. The van der Waals surface area contributed by atoms with Crippen LogP contribution >= 0.6 is 0 Å². The van der Waals surface area contributed by atoms with Crippen LogP contribution in [0, 0.1) is 0 Å². The molecule has 1 fully saturated rings. The lowest BCUT2D eigenvalue weighted by Gasteiger charge is -2.22. The third-order valence-corrected chi connectivity index (χ3v) is 2.56. The van der Waals surface area contributed by atoms with Gasteiger partial charge >= 0.3 is 6.03 Å². The second-order valence-electron chi connectivity index (χ2n) is 3.97. The Hall–Kier alpha value is -1.10. The first-order valence-electron chi connectivity index (χ1n) is 5.39. The lowest BCUT2D eigenvalue weighted by Crippen LogP contribution is -2.47. The zero-order valence-corrected chi connectivity index (χ0v) is 8.95. The number of carbonyl (C=O) groups excluding carboxylic acids is 2. The summed E-state index contributed by atoms with van der Waals surface area (Å²) in [5.74, 6) is -0.664. The van der Waals surface area contributed by atoms with E-state index in [-0.39, 0.29) is 6.04 Å². The van der Waals surface area contributed by atoms with Crippen LogP contribution in [0.3, 0.4) is 0 Å². The number of amides is 3. The lowest BCUT2D eigenvalue weighted by atomic mass is 9.96. The van der Waals surface area contributed by atoms with Crippen molar-refractivity contribution < 1.29 is 14.7 Å². The van der Waals surface area contributed by atoms with Crippen molar-refractivity contribution in [2.24, 2.45) is 0 Å². The van der Waals surface area contributed by atoms with E-state index < -0.39 is 18.0 Å². The molecule has 1 aliphatic rings. The summed E-state index contributed by atoms with van der Waals surface area (Å²) < 4.78 is 0. The summed E-state index contributed by atoms with van der Waals surface area (Å²) in [6, 6.07) is -0.339. The predicted octanol–water partition coefficient (Wildman–Crippen LogP) is 0.526. The highest BCUT2D eigenvalue weighted by atomic mass is 16.3. The molecule has 1 unspecified atom stereocenters. The van der Waals surface area contributed by atoms with Crippen molar-refractivity contribution in [3.63, 3.8) is 0 Å². The van der Waals surface area contributed by atoms with Crippen molar-refractivity contribution in [1.82, 2.24) is 10.6 Å². The molecule has 5 nitrogen and oxygen atoms in total. The molecule has 5 heteroatoms. The summed E-state index contributed by atoms with van der Waals surface area (Å²) in [7, 11) is 0. The van der Waals surface area contributed by atoms with Crippen molar-refractivity contribution in [1.29, 1.82) is 0 Å². The molecule has 0 spiro atoms. The van der Waals surface area contributed by atoms with Gasteiger partial charge in [-0.1, -0.05) is 19.3 Å². The van der Waals surface area contributed by atoms with Crippen molar-refractivity contribution in [2.45, 2.75) is 51.2 Å². The molecule has 0 aliphatic heterocycles. The molecule has 3 N–H and O–H groups in total. The summed E-state index contributed by atoms with van der Waals surface area (Å²) in [5.41, 5.74) is 0. The minimum atomic E-state index is -1.15. The van der Waals surface area contributed by atoms with Crippen LogP contribution < -0.4 is 10.6 Å². The highest BCUT2D eigenvalue weighted by Gasteiger charge is 2.18. The molecule has 0 heterocycles. The Balaban J connectivity index is 2.25. The molecule has 86 valence electrons. The first-order chi connectivity index (χ1) is 7.09. The maximum atomic E-state index is 11.3. The Bertz CT molecular complexity index is 235. The van der Waals surface area contributed by atoms with Crippen LogP contribution in [0.2, 0.25) is 0 Å². The Morgan fingerprint density at radius 1 is 1.27 bits per heavy atom. The first kappa shape index (κ1) is 12.0. The van der Waals surface area contributed by atoms with E-state index in [0.29, 0.717) is 0 Å². The number of urea groups is 1. The van der Waals surface area contributed by atoms with E-state index >= 15 is 0 Å². The van der Waals surface area contributed by atoms with Crippen molar-refractivity contribution in [3.05, 3.63) is 0 Å². The van der Waals surface area contributed by atoms with Gasteiger partial charge in [0, 0.05) is 6.04 Å². The summed E-state index contributed by atoms with van der Waals surface area (Å²) in [6.07, 6.45) is 4.24. The van der Waals surface area contributed by atoms with Crippen LogP contribution in [-0.2, 0) is 4.79 Å². The van der Waals surface area contributed by atoms with Crippen molar-refractivity contribution >= 4 is 11.9 Å². The summed E-state index contributed by atoms with van der Waals surface area (Å²) in [4.78, 5) is 22.2. The molecule has 1 aliphatic carbocycles. The normalized spacial score (nSPS) is 19.3. The molecule has 0 aromatic heterocycles. The highest BCUT2D eigenvalue weighted by molar-refractivity contribution is 5.96. The second-order valence-corrected chi connectivity index (χ2v) is 3.97. The number of imide groups is 1. The molecular weight excluding hydrogens is 196 g/mol. The predicted molar refractivity (Wildman–Crippen MR) is 55.2 cm³/mol. The number of rotatable bonds is 2. The standard InChI is InChI=1S/C10H18N2O3/c1-7(13)9(14)12-10(15)11-8-5-3-2-4-6-8/h7-8,13H,2-6H2,1H3,(H2,11,12,14,15). The van der Waals surface area contributed by atoms with Gasteiger partial charge in [-0.3, -0.25) is 10.1 Å². The molecule has 1 atom stereocenters. The smallest absolute Gasteiger partial charge is 0.321 e. The fourth-order valence-corrected chi connectivity index (χ4v) is 1.68. The number of hydrogen-bond acceptors (Lipinski definition) is 3. The van der Waals surface area contributed by atoms with Gasteiger partial charge in [-0.15, -0.1) is 0 Å². The number of aliphatic hydroxyl groups excluding tert-OH is 1. The lowest BCUT2D eigenvalue weighted by molar-refractivity contribution is -0.127. The Morgan fingerprint density at radius 3 is 2.40 bits per heavy atom. The van der Waals surface area contributed by atoms with E-state index in [1.807, 2.05) is 0 Å². The van der Waals surface area contributed by atoms with Crippen LogP contribution in [0.5, 0.6) is 0 Å². The van der Waals surface area contributed by atoms with Crippen LogP contribution in [0.15, 0.2) is 0 Å². The minimum Gasteiger partial charge on any atom is -0.384 e. The van der Waals surface area contributed by atoms with Crippen LogP contribution in [-0.4, -0.2) is 29.2 Å². The molecule has 15 heavy (non-hydrogen) atoms. The fraction of sp³-hybridized carbons (Fsp3) is 0.800. The van der Waals surface area contributed by atoms with Gasteiger partial charge in [0.2, 0.25) is 0 Å². The third-order valence-electron chi connectivity index (χ3n) is 2.56. The average molecular weight is 214 g/mol. The van der Waals surface area contributed by atoms with E-state index in [9.17, 15) is 9.59 Å². The van der Waals surface area contributed by atoms with Gasteiger partial charge in [0.1, 0.15) is 6.10 Å². The second kappa shape index (κ2) is 5.70. The van der Waals surface area contributed by atoms with Crippen molar-refractivity contribution in [3.8, 4) is 0 Å². The monoisotopic (exact) mass is 214 g/mol. The number of nitrogens with one attached hydrogen (secondary N) is 2. The average Bonchev–Trinajstić information content (AvgIpc) is 2.18. The maximum Gasteiger partial charge on any atom is 0.321 e. The largest absolute Gasteiger partial charge is 0.384 e. The van der Waals surface area contributed by atoms with E-state index in [1.165, 1.54) is 13.3 Å². The fourth-order valence-electron chi connectivity index (χ4n) is 1.68. The van der Waals surface area contributed by atoms with E-state index in [4.69, 9.17) is 5.11 Å². The van der Waals surface area contributed by atoms with Crippen LogP contribution in [0.25, 0.3) is 0 Å². The van der Waals surface area contributed by atoms with Gasteiger partial charge in [0.25, 0.3) is 5.91 Å². The third kappa shape index (κ3) is 4.29. The molecule has 0 saturated heterocycles. The van der Waals surface area contributed by atoms with Gasteiger partial charge in [-0.05, 0) is 19.8 Å². The topological polar surface area (TPSA) is 78.4 Å². The number of carbonyl (C=O) groups is 2. The van der Waals surface area contributed by atoms with Gasteiger partial charge in [-0.2, -0.15) is 0 Å². The molecule has 1 saturated carbocycles. The Labute approximate surface area is 89.2 Å². The molecule has 3 amide bonds. The molecule has 0 bridgehead atoms. The summed E-state index contributed by atoms with van der Waals surface area (Å²) in [5, 5.41) is 13.7. The quantitative estimate of drug-likeness (QED) is 0.627. The SMILES string of the molecule is CC(O)C(=O)NC(=O)NC1CCCCC1. The Kier molecular flexibility index (Phi) is 4.55.